The van der Waals surface area contributed by atoms with Crippen LogP contribution >= 0.6 is 0 Å². The Balaban J connectivity index is 2.28. The first-order chi connectivity index (χ1) is 7.45. The zero-order valence-electron chi connectivity index (χ0n) is 7.88. The molecule has 0 aliphatic rings. The maximum atomic E-state index is 4.12. The number of rotatable bonds is 1. The summed E-state index contributed by atoms with van der Waals surface area (Å²) in [6.45, 7) is 0. The van der Waals surface area contributed by atoms with Gasteiger partial charge in [-0.25, -0.2) is 9.97 Å². The van der Waals surface area contributed by atoms with Crippen LogP contribution in [0.5, 0.6) is 0 Å². The van der Waals surface area contributed by atoms with E-state index in [-0.39, 0.29) is 0 Å². The molecule has 3 rings (SSSR count). The molecule has 0 atom stereocenters. The number of fused-ring (bicyclic) bond motifs is 1. The molecule has 0 saturated heterocycles. The molecule has 0 aliphatic heterocycles. The van der Waals surface area contributed by atoms with Crippen LogP contribution in [0, 0.1) is 0 Å². The van der Waals surface area contributed by atoms with E-state index in [0.717, 1.165) is 16.6 Å². The van der Waals surface area contributed by atoms with Gasteiger partial charge in [-0.2, -0.15) is 5.10 Å². The minimum Gasteiger partial charge on any atom is -0.275 e. The Kier molecular flexibility index (Phi) is 1.71. The fourth-order valence-corrected chi connectivity index (χ4v) is 1.58. The maximum Gasteiger partial charge on any atom is 0.184 e. The Hall–Kier alpha value is -2.23. The molecule has 3 aromatic rings. The topological polar surface area (TPSA) is 54.5 Å². The molecule has 1 aromatic carbocycles. The molecule has 4 heteroatoms. The van der Waals surface area contributed by atoms with Crippen LogP contribution < -0.4 is 0 Å². The average molecular weight is 196 g/mol. The largest absolute Gasteiger partial charge is 0.275 e. The van der Waals surface area contributed by atoms with Crippen molar-refractivity contribution in [3.05, 3.63) is 42.9 Å². The summed E-state index contributed by atoms with van der Waals surface area (Å²) in [5.41, 5.74) is 2.75. The van der Waals surface area contributed by atoms with Crippen LogP contribution in [0.4, 0.5) is 0 Å². The van der Waals surface area contributed by atoms with E-state index in [9.17, 15) is 0 Å². The fourth-order valence-electron chi connectivity index (χ4n) is 1.58. The standard InChI is InChI=1S/C11H8N4/c1-2-4-8(5-3-1)10-9-6-12-7-13-11(9)15-14-10/h1-7H,(H,12,13,14,15). The molecule has 0 aliphatic carbocycles. The van der Waals surface area contributed by atoms with Gasteiger partial charge in [-0.15, -0.1) is 0 Å². The van der Waals surface area contributed by atoms with Gasteiger partial charge in [-0.05, 0) is 0 Å². The van der Waals surface area contributed by atoms with Gasteiger partial charge in [0.2, 0.25) is 0 Å². The fraction of sp³-hybridized carbons (Fsp3) is 0. The average Bonchev–Trinajstić information content (AvgIpc) is 2.74. The van der Waals surface area contributed by atoms with Gasteiger partial charge < -0.3 is 0 Å². The van der Waals surface area contributed by atoms with E-state index < -0.39 is 0 Å². The Bertz CT molecular complexity index is 586. The first kappa shape index (κ1) is 8.11. The highest BCUT2D eigenvalue weighted by Crippen LogP contribution is 2.23. The van der Waals surface area contributed by atoms with Gasteiger partial charge in [0.15, 0.2) is 5.65 Å². The van der Waals surface area contributed by atoms with Crippen LogP contribution in [0.2, 0.25) is 0 Å². The molecular weight excluding hydrogens is 188 g/mol. The van der Waals surface area contributed by atoms with Crippen molar-refractivity contribution in [2.24, 2.45) is 0 Å². The van der Waals surface area contributed by atoms with Gasteiger partial charge in [0.25, 0.3) is 0 Å². The molecule has 0 saturated carbocycles. The predicted octanol–water partition coefficient (Wildman–Crippen LogP) is 2.02. The third kappa shape index (κ3) is 1.27. The van der Waals surface area contributed by atoms with Crippen LogP contribution in [-0.4, -0.2) is 20.2 Å². The summed E-state index contributed by atoms with van der Waals surface area (Å²) >= 11 is 0. The monoisotopic (exact) mass is 196 g/mol. The van der Waals surface area contributed by atoms with E-state index in [1.165, 1.54) is 6.33 Å². The smallest absolute Gasteiger partial charge is 0.184 e. The molecule has 0 fully saturated rings. The summed E-state index contributed by atoms with van der Waals surface area (Å²) < 4.78 is 0. The highest BCUT2D eigenvalue weighted by atomic mass is 15.2. The van der Waals surface area contributed by atoms with Crippen molar-refractivity contribution in [1.82, 2.24) is 20.2 Å². The highest BCUT2D eigenvalue weighted by molar-refractivity contribution is 5.89. The van der Waals surface area contributed by atoms with E-state index in [1.807, 2.05) is 30.3 Å². The van der Waals surface area contributed by atoms with Gasteiger partial charge in [0, 0.05) is 11.8 Å². The molecule has 0 radical (unpaired) electrons. The molecule has 0 amide bonds. The molecule has 4 nitrogen and oxygen atoms in total. The molecule has 0 bridgehead atoms. The number of H-pyrrole nitrogens is 1. The van der Waals surface area contributed by atoms with Crippen LogP contribution in [-0.2, 0) is 0 Å². The van der Waals surface area contributed by atoms with E-state index in [4.69, 9.17) is 0 Å². The number of aromatic amines is 1. The van der Waals surface area contributed by atoms with Crippen LogP contribution in [0.3, 0.4) is 0 Å². The van der Waals surface area contributed by atoms with Crippen molar-refractivity contribution in [3.63, 3.8) is 0 Å². The molecular formula is C11H8N4. The quantitative estimate of drug-likeness (QED) is 0.647. The normalized spacial score (nSPS) is 10.7. The number of hydrogen-bond acceptors (Lipinski definition) is 3. The van der Waals surface area contributed by atoms with Gasteiger partial charge in [-0.3, -0.25) is 5.10 Å². The lowest BCUT2D eigenvalue weighted by atomic mass is 10.1. The first-order valence-electron chi connectivity index (χ1n) is 4.64. The van der Waals surface area contributed by atoms with Crippen LogP contribution in [0.15, 0.2) is 42.9 Å². The van der Waals surface area contributed by atoms with Gasteiger partial charge in [0.05, 0.1) is 11.1 Å². The minimum absolute atomic E-state index is 0.698. The minimum atomic E-state index is 0.698. The van der Waals surface area contributed by atoms with E-state index in [1.54, 1.807) is 6.20 Å². The number of benzene rings is 1. The Labute approximate surface area is 86.0 Å². The molecule has 0 unspecified atom stereocenters. The Morgan fingerprint density at radius 1 is 1.07 bits per heavy atom. The summed E-state index contributed by atoms with van der Waals surface area (Å²) in [4.78, 5) is 8.07. The van der Waals surface area contributed by atoms with Crippen LogP contribution in [0.25, 0.3) is 22.3 Å². The van der Waals surface area contributed by atoms with Crippen molar-refractivity contribution in [2.45, 2.75) is 0 Å². The Morgan fingerprint density at radius 2 is 1.93 bits per heavy atom. The molecule has 2 aromatic heterocycles. The van der Waals surface area contributed by atoms with E-state index >= 15 is 0 Å². The second kappa shape index (κ2) is 3.16. The second-order valence-electron chi connectivity index (χ2n) is 3.22. The van der Waals surface area contributed by atoms with Crippen molar-refractivity contribution in [3.8, 4) is 11.3 Å². The van der Waals surface area contributed by atoms with Gasteiger partial charge in [0.1, 0.15) is 6.33 Å². The maximum absolute atomic E-state index is 4.12. The third-order valence-electron chi connectivity index (χ3n) is 2.30. The van der Waals surface area contributed by atoms with Crippen molar-refractivity contribution >= 4 is 11.0 Å². The molecule has 15 heavy (non-hydrogen) atoms. The van der Waals surface area contributed by atoms with Gasteiger partial charge in [-0.1, -0.05) is 30.3 Å². The van der Waals surface area contributed by atoms with E-state index in [0.29, 0.717) is 5.65 Å². The second-order valence-corrected chi connectivity index (χ2v) is 3.22. The Morgan fingerprint density at radius 3 is 2.80 bits per heavy atom. The number of nitrogens with one attached hydrogen (secondary N) is 1. The van der Waals surface area contributed by atoms with Crippen molar-refractivity contribution in [1.29, 1.82) is 0 Å². The lowest BCUT2D eigenvalue weighted by Crippen LogP contribution is -1.79. The number of hydrogen-bond donors (Lipinski definition) is 1. The molecule has 2 heterocycles. The lowest BCUT2D eigenvalue weighted by Gasteiger charge is -1.96. The van der Waals surface area contributed by atoms with E-state index in [2.05, 4.69) is 20.2 Å². The lowest BCUT2D eigenvalue weighted by molar-refractivity contribution is 1.09. The van der Waals surface area contributed by atoms with Crippen molar-refractivity contribution in [2.75, 3.05) is 0 Å². The molecule has 72 valence electrons. The number of aromatic nitrogens is 4. The SMILES string of the molecule is c1ccc(-c2[nH]nc3ncncc23)cc1. The summed E-state index contributed by atoms with van der Waals surface area (Å²) in [6.07, 6.45) is 3.27. The van der Waals surface area contributed by atoms with Crippen molar-refractivity contribution < 1.29 is 0 Å². The van der Waals surface area contributed by atoms with Gasteiger partial charge >= 0.3 is 0 Å². The predicted molar refractivity (Wildman–Crippen MR) is 57.1 cm³/mol. The zero-order valence-corrected chi connectivity index (χ0v) is 7.88. The summed E-state index contributed by atoms with van der Waals surface area (Å²) in [6, 6.07) is 10.0. The number of nitrogens with zero attached hydrogens (tertiary/aromatic N) is 3. The molecule has 0 spiro atoms. The zero-order chi connectivity index (χ0) is 10.1. The summed E-state index contributed by atoms with van der Waals surface area (Å²) in [5, 5.41) is 8.04. The molecule has 1 N–H and O–H groups in total. The highest BCUT2D eigenvalue weighted by Gasteiger charge is 2.06. The summed E-state index contributed by atoms with van der Waals surface area (Å²) in [7, 11) is 0. The third-order valence-corrected chi connectivity index (χ3v) is 2.30. The first-order valence-corrected chi connectivity index (χ1v) is 4.64. The van der Waals surface area contributed by atoms with Crippen LogP contribution in [0.1, 0.15) is 0 Å². The summed E-state index contributed by atoms with van der Waals surface area (Å²) in [5.74, 6) is 0.